The Morgan fingerprint density at radius 2 is 1.23 bits per heavy atom. The number of nitrogens with zero attached hydrogens (tertiary/aromatic N) is 4. The lowest BCUT2D eigenvalue weighted by Gasteiger charge is -2.25. The third-order valence-corrected chi connectivity index (χ3v) is 14.3. The normalized spacial score (nSPS) is 15.2. The molecule has 0 amide bonds. The summed E-state index contributed by atoms with van der Waals surface area (Å²) in [5, 5.41) is 9.00. The van der Waals surface area contributed by atoms with Crippen LogP contribution in [0.25, 0.3) is 93.3 Å². The van der Waals surface area contributed by atoms with Crippen LogP contribution in [-0.4, -0.2) is 20.8 Å². The van der Waals surface area contributed by atoms with Gasteiger partial charge in [0.2, 0.25) is 5.96 Å². The van der Waals surface area contributed by atoms with Gasteiger partial charge in [-0.25, -0.2) is 9.98 Å². The summed E-state index contributed by atoms with van der Waals surface area (Å²) in [5.74, 6) is 2.38. The maximum absolute atomic E-state index is 7.05. The van der Waals surface area contributed by atoms with E-state index in [9.17, 15) is 0 Å². The van der Waals surface area contributed by atoms with Crippen LogP contribution in [0.1, 0.15) is 41.5 Å². The number of fused-ring (bicyclic) bond motifs is 14. The highest BCUT2D eigenvalue weighted by atomic mass is 16.5. The molecule has 9 aromatic carbocycles. The van der Waals surface area contributed by atoms with Crippen molar-refractivity contribution < 1.29 is 9.15 Å². The van der Waals surface area contributed by atoms with Crippen molar-refractivity contribution in [2.24, 2.45) is 9.98 Å². The molecule has 1 aliphatic heterocycles. The topological polar surface area (TPSA) is 57.0 Å². The van der Waals surface area contributed by atoms with Gasteiger partial charge >= 0.3 is 0 Å². The van der Waals surface area contributed by atoms with Crippen molar-refractivity contribution in [2.45, 2.75) is 19.3 Å². The second-order valence-electron chi connectivity index (χ2n) is 18.2. The van der Waals surface area contributed by atoms with E-state index in [4.69, 9.17) is 19.1 Å². The molecule has 0 radical (unpaired) electrons. The third-order valence-electron chi connectivity index (χ3n) is 14.3. The Bertz CT molecular complexity index is 4290. The van der Waals surface area contributed by atoms with Crippen molar-refractivity contribution in [1.82, 2.24) is 9.13 Å². The summed E-state index contributed by atoms with van der Waals surface area (Å²) in [6.45, 7) is 6.63. The van der Waals surface area contributed by atoms with Crippen LogP contribution >= 0.6 is 0 Å². The molecule has 6 nitrogen and oxygen atoms in total. The summed E-state index contributed by atoms with van der Waals surface area (Å²) in [5.41, 5.74) is 13.8. The van der Waals surface area contributed by atoms with Crippen LogP contribution in [0, 0.1) is 0 Å². The van der Waals surface area contributed by atoms with E-state index < -0.39 is 0 Å². The van der Waals surface area contributed by atoms with Crippen LogP contribution in [0.3, 0.4) is 0 Å². The van der Waals surface area contributed by atoms with E-state index in [0.717, 1.165) is 106 Å². The van der Waals surface area contributed by atoms with Gasteiger partial charge in [-0.15, -0.1) is 0 Å². The number of para-hydroxylation sites is 4. The molecule has 1 atom stereocenters. The number of furan rings is 1. The number of aromatic nitrogens is 2. The number of hydrogen-bond donors (Lipinski definition) is 0. The highest BCUT2D eigenvalue weighted by Gasteiger charge is 2.37. The van der Waals surface area contributed by atoms with E-state index in [2.05, 4.69) is 180 Å². The molecule has 0 bridgehead atoms. The molecule has 69 heavy (non-hydrogen) atoms. The number of hydrogen-bond acceptors (Lipinski definition) is 3. The van der Waals surface area contributed by atoms with Crippen LogP contribution in [0.5, 0.6) is 5.75 Å². The molecule has 0 saturated heterocycles. The van der Waals surface area contributed by atoms with Gasteiger partial charge in [-0.05, 0) is 101 Å². The zero-order valence-corrected chi connectivity index (χ0v) is 37.7. The van der Waals surface area contributed by atoms with Gasteiger partial charge in [0.1, 0.15) is 22.7 Å². The van der Waals surface area contributed by atoms with Gasteiger partial charge in [-0.1, -0.05) is 158 Å². The second kappa shape index (κ2) is 15.3. The third kappa shape index (κ3) is 6.12. The Morgan fingerprint density at radius 3 is 2.09 bits per heavy atom. The van der Waals surface area contributed by atoms with Crippen molar-refractivity contribution in [1.29, 1.82) is 0 Å². The minimum atomic E-state index is 0.0206. The molecular formula is C63H42N4O2. The second-order valence-corrected chi connectivity index (χ2v) is 18.2. The van der Waals surface area contributed by atoms with Gasteiger partial charge < -0.3 is 13.7 Å². The molecule has 14 rings (SSSR count). The molecule has 1 aliphatic carbocycles. The smallest absolute Gasteiger partial charge is 0.235 e. The average molecular weight is 887 g/mol. The molecule has 0 N–H and O–H groups in total. The van der Waals surface area contributed by atoms with Crippen molar-refractivity contribution in [3.8, 4) is 5.75 Å². The summed E-state index contributed by atoms with van der Waals surface area (Å²) in [7, 11) is 0. The maximum Gasteiger partial charge on any atom is 0.235 e. The Balaban J connectivity index is 1.08. The van der Waals surface area contributed by atoms with Crippen LogP contribution in [0.4, 0.5) is 0 Å². The summed E-state index contributed by atoms with van der Waals surface area (Å²) in [6, 6.07) is 70.5. The number of aliphatic imine (C=N–C) groups is 2. The first kappa shape index (κ1) is 39.2. The van der Waals surface area contributed by atoms with E-state index in [-0.39, 0.29) is 5.92 Å². The highest BCUT2D eigenvalue weighted by Crippen LogP contribution is 2.52. The van der Waals surface area contributed by atoms with Gasteiger partial charge in [-0.2, -0.15) is 0 Å². The van der Waals surface area contributed by atoms with E-state index in [1.807, 2.05) is 48.5 Å². The SMILES string of the molecule is C=C(/N=C(\N=C(/C)c1ccc2oc3ccccc3c2c1)n1c2ccccc2c2ccc3c4ccccc4n(C4=C5Oc6ccccc6C5CC(c5ccc6ccccc6c5)=C4)c3c21)c1ccccc1. The zero-order valence-electron chi connectivity index (χ0n) is 37.7. The van der Waals surface area contributed by atoms with Gasteiger partial charge in [0.05, 0.1) is 39.4 Å². The molecule has 1 unspecified atom stereocenters. The molecule has 6 heteroatoms. The van der Waals surface area contributed by atoms with E-state index in [1.54, 1.807) is 0 Å². The molecule has 326 valence electrons. The minimum Gasteiger partial charge on any atom is -0.459 e. The Kier molecular flexibility index (Phi) is 8.67. The van der Waals surface area contributed by atoms with Crippen molar-refractivity contribution in [2.75, 3.05) is 0 Å². The average Bonchev–Trinajstić information content (AvgIpc) is 4.16. The van der Waals surface area contributed by atoms with Gasteiger partial charge in [0, 0.05) is 43.6 Å². The predicted octanol–water partition coefficient (Wildman–Crippen LogP) is 16.2. The summed E-state index contributed by atoms with van der Waals surface area (Å²) in [4.78, 5) is 11.0. The Morgan fingerprint density at radius 1 is 0.551 bits per heavy atom. The molecular weight excluding hydrogens is 845 g/mol. The van der Waals surface area contributed by atoms with Crippen LogP contribution in [0.15, 0.2) is 233 Å². The van der Waals surface area contributed by atoms with Crippen molar-refractivity contribution >= 4 is 105 Å². The first-order chi connectivity index (χ1) is 34.0. The monoisotopic (exact) mass is 886 g/mol. The Labute approximate surface area is 397 Å². The molecule has 0 fully saturated rings. The summed E-state index contributed by atoms with van der Waals surface area (Å²) < 4.78 is 18.0. The number of benzene rings is 9. The molecule has 0 spiro atoms. The lowest BCUT2D eigenvalue weighted by atomic mass is 9.83. The number of allylic oxidation sites excluding steroid dienone is 4. The highest BCUT2D eigenvalue weighted by molar-refractivity contribution is 6.27. The summed E-state index contributed by atoms with van der Waals surface area (Å²) >= 11 is 0. The zero-order chi connectivity index (χ0) is 45.7. The minimum absolute atomic E-state index is 0.0206. The van der Waals surface area contributed by atoms with Crippen molar-refractivity contribution in [3.63, 3.8) is 0 Å². The van der Waals surface area contributed by atoms with E-state index >= 15 is 0 Å². The molecule has 0 saturated carbocycles. The predicted molar refractivity (Wildman–Crippen MR) is 286 cm³/mol. The molecule has 12 aromatic rings. The summed E-state index contributed by atoms with van der Waals surface area (Å²) in [6.07, 6.45) is 3.19. The first-order valence-electron chi connectivity index (χ1n) is 23.5. The first-order valence-corrected chi connectivity index (χ1v) is 23.5. The maximum atomic E-state index is 7.05. The van der Waals surface area contributed by atoms with Gasteiger partial charge in [0.25, 0.3) is 0 Å². The quantitative estimate of drug-likeness (QED) is 0.128. The lowest BCUT2D eigenvalue weighted by Crippen LogP contribution is -2.14. The number of rotatable bonds is 5. The Hall–Kier alpha value is -9.00. The largest absolute Gasteiger partial charge is 0.459 e. The van der Waals surface area contributed by atoms with Gasteiger partial charge in [-0.3, -0.25) is 4.57 Å². The number of ether oxygens (including phenoxy) is 1. The van der Waals surface area contributed by atoms with E-state index in [0.29, 0.717) is 11.7 Å². The lowest BCUT2D eigenvalue weighted by molar-refractivity contribution is 0.427. The van der Waals surface area contributed by atoms with Crippen LogP contribution < -0.4 is 4.74 Å². The standard InChI is InChI=1S/C63H42N4O2/c1-38(40-16-4-3-5-17-40)64-63(65-39(2)42-30-33-59-52(35-42)48-22-10-14-26-57(48)68-59)67-55-25-13-9-21-47(55)51-32-31-50-46-20-8-12-24-54(46)66(60(50)61(51)67)56-37-45(44-29-28-41-18-6-7-19-43(41)34-44)36-53-49-23-11-15-27-58(49)69-62(53)56/h3-35,37,53H,1,36H2,2H3/b64-63+,65-39+. The van der Waals surface area contributed by atoms with Crippen LogP contribution in [0.2, 0.25) is 0 Å². The van der Waals surface area contributed by atoms with Gasteiger partial charge in [0.15, 0.2) is 0 Å². The molecule has 4 heterocycles. The molecule has 2 aliphatic rings. The fraction of sp³-hybridized carbons (Fsp3) is 0.0476. The van der Waals surface area contributed by atoms with Crippen LogP contribution in [-0.2, 0) is 0 Å². The van der Waals surface area contributed by atoms with Crippen molar-refractivity contribution in [3.05, 3.63) is 241 Å². The molecule has 3 aromatic heterocycles. The van der Waals surface area contributed by atoms with E-state index in [1.165, 1.54) is 27.5 Å². The fourth-order valence-electron chi connectivity index (χ4n) is 11.0. The fourth-order valence-corrected chi connectivity index (χ4v) is 11.0.